The van der Waals surface area contributed by atoms with Crippen LogP contribution < -0.4 is 14.4 Å². The highest BCUT2D eigenvalue weighted by Gasteiger charge is 2.30. The molecule has 4 aromatic rings. The Kier molecular flexibility index (Phi) is 7.62. The van der Waals surface area contributed by atoms with E-state index in [1.165, 1.54) is 25.3 Å². The summed E-state index contributed by atoms with van der Waals surface area (Å²) in [6.45, 7) is 1.38. The molecule has 36 heavy (non-hydrogen) atoms. The molecule has 0 aliphatic carbocycles. The van der Waals surface area contributed by atoms with E-state index < -0.39 is 22.5 Å². The molecule has 1 amide bonds. The fourth-order valence-corrected chi connectivity index (χ4v) is 5.37. The third kappa shape index (κ3) is 5.53. The van der Waals surface area contributed by atoms with Gasteiger partial charge in [-0.15, -0.1) is 0 Å². The first-order valence-corrected chi connectivity index (χ1v) is 13.0. The van der Waals surface area contributed by atoms with Crippen molar-refractivity contribution >= 4 is 38.9 Å². The highest BCUT2D eigenvalue weighted by Crippen LogP contribution is 2.35. The number of methoxy groups -OCH3 is 1. The normalized spacial score (nSPS) is 11.1. The van der Waals surface area contributed by atoms with Gasteiger partial charge in [-0.3, -0.25) is 9.10 Å². The minimum Gasteiger partial charge on any atom is -0.495 e. The van der Waals surface area contributed by atoms with E-state index in [-0.39, 0.29) is 16.3 Å². The summed E-state index contributed by atoms with van der Waals surface area (Å²) in [4.78, 5) is 13.4. The zero-order valence-corrected chi connectivity index (χ0v) is 21.4. The quantitative estimate of drug-likeness (QED) is 0.302. The number of carbonyl (C=O) groups excluding carboxylic acids is 1. The summed E-state index contributed by atoms with van der Waals surface area (Å²) in [5, 5.41) is 3.19. The summed E-state index contributed by atoms with van der Waals surface area (Å²) >= 11 is 6.21. The Bertz CT molecular complexity index is 1470. The van der Waals surface area contributed by atoms with Gasteiger partial charge in [-0.05, 0) is 48.9 Å². The van der Waals surface area contributed by atoms with Crippen LogP contribution in [0.5, 0.6) is 5.75 Å². The van der Waals surface area contributed by atoms with E-state index in [1.54, 1.807) is 30.3 Å². The molecule has 1 N–H and O–H groups in total. The van der Waals surface area contributed by atoms with E-state index in [0.717, 1.165) is 21.0 Å². The topological polar surface area (TPSA) is 75.7 Å². The zero-order chi connectivity index (χ0) is 25.7. The summed E-state index contributed by atoms with van der Waals surface area (Å²) in [5.74, 6) is -0.247. The molecule has 184 valence electrons. The number of amides is 1. The Morgan fingerprint density at radius 1 is 0.917 bits per heavy atom. The van der Waals surface area contributed by atoms with Crippen molar-refractivity contribution in [1.29, 1.82) is 0 Å². The van der Waals surface area contributed by atoms with Crippen molar-refractivity contribution in [3.63, 3.8) is 0 Å². The van der Waals surface area contributed by atoms with E-state index in [2.05, 4.69) is 5.32 Å². The number of carbonyl (C=O) groups is 1. The number of aryl methyl sites for hydroxylation is 1. The van der Waals surface area contributed by atoms with Crippen LogP contribution in [0.15, 0.2) is 102 Å². The maximum absolute atomic E-state index is 13.7. The van der Waals surface area contributed by atoms with Gasteiger partial charge in [0.05, 0.1) is 17.7 Å². The van der Waals surface area contributed by atoms with Gasteiger partial charge in [0.15, 0.2) is 0 Å². The molecule has 6 nitrogen and oxygen atoms in total. The van der Waals surface area contributed by atoms with Crippen molar-refractivity contribution in [2.45, 2.75) is 11.8 Å². The van der Waals surface area contributed by atoms with Crippen molar-refractivity contribution in [2.75, 3.05) is 23.3 Å². The van der Waals surface area contributed by atoms with Gasteiger partial charge in [0.2, 0.25) is 5.91 Å². The van der Waals surface area contributed by atoms with E-state index >= 15 is 0 Å². The minimum atomic E-state index is -4.14. The fraction of sp³-hybridized carbons (Fsp3) is 0.107. The molecular weight excluding hydrogens is 496 g/mol. The van der Waals surface area contributed by atoms with Crippen LogP contribution in [-0.4, -0.2) is 28.0 Å². The standard InChI is InChI=1S/C28H25ClN2O4S/c1-20-12-15-23(16-13-20)36(33,34)31(26-18-22(29)14-17-27(26)35-2)19-28(32)30-25-11-7-6-10-24(25)21-8-4-3-5-9-21/h3-18H,19H2,1-2H3,(H,30,32). The maximum atomic E-state index is 13.7. The number of ether oxygens (including phenoxy) is 1. The van der Waals surface area contributed by atoms with Crippen LogP contribution in [0.2, 0.25) is 5.02 Å². The first-order chi connectivity index (χ1) is 17.3. The second-order valence-electron chi connectivity index (χ2n) is 8.10. The molecule has 0 atom stereocenters. The molecule has 0 bridgehead atoms. The predicted molar refractivity (Wildman–Crippen MR) is 144 cm³/mol. The van der Waals surface area contributed by atoms with Crippen LogP contribution in [0.25, 0.3) is 11.1 Å². The van der Waals surface area contributed by atoms with Crippen molar-refractivity contribution in [1.82, 2.24) is 0 Å². The summed E-state index contributed by atoms with van der Waals surface area (Å²) in [7, 11) is -2.71. The van der Waals surface area contributed by atoms with Gasteiger partial charge < -0.3 is 10.1 Å². The van der Waals surface area contributed by atoms with Gasteiger partial charge in [0.1, 0.15) is 12.3 Å². The SMILES string of the molecule is COc1ccc(Cl)cc1N(CC(=O)Nc1ccccc1-c1ccccc1)S(=O)(=O)c1ccc(C)cc1. The molecule has 0 saturated heterocycles. The van der Waals surface area contributed by atoms with Gasteiger partial charge in [-0.25, -0.2) is 8.42 Å². The number of nitrogens with zero attached hydrogens (tertiary/aromatic N) is 1. The van der Waals surface area contributed by atoms with Crippen LogP contribution in [-0.2, 0) is 14.8 Å². The number of halogens is 1. The Labute approximate surface area is 216 Å². The predicted octanol–water partition coefficient (Wildman–Crippen LogP) is 6.16. The van der Waals surface area contributed by atoms with Gasteiger partial charge in [0, 0.05) is 16.3 Å². The average Bonchev–Trinajstić information content (AvgIpc) is 2.88. The number of benzene rings is 4. The van der Waals surface area contributed by atoms with Crippen molar-refractivity contribution in [2.24, 2.45) is 0 Å². The second kappa shape index (κ2) is 10.8. The first-order valence-electron chi connectivity index (χ1n) is 11.2. The average molecular weight is 521 g/mol. The fourth-order valence-electron chi connectivity index (χ4n) is 3.78. The number of nitrogens with one attached hydrogen (secondary N) is 1. The number of anilines is 2. The summed E-state index contributed by atoms with van der Waals surface area (Å²) in [5.41, 5.74) is 3.39. The van der Waals surface area contributed by atoms with Crippen molar-refractivity contribution < 1.29 is 17.9 Å². The largest absolute Gasteiger partial charge is 0.495 e. The smallest absolute Gasteiger partial charge is 0.264 e. The van der Waals surface area contributed by atoms with Crippen LogP contribution in [0.4, 0.5) is 11.4 Å². The van der Waals surface area contributed by atoms with E-state index in [4.69, 9.17) is 16.3 Å². The van der Waals surface area contributed by atoms with Gasteiger partial charge in [-0.2, -0.15) is 0 Å². The van der Waals surface area contributed by atoms with E-state index in [0.29, 0.717) is 10.7 Å². The van der Waals surface area contributed by atoms with Crippen LogP contribution in [0, 0.1) is 6.92 Å². The Hall–Kier alpha value is -3.81. The number of sulfonamides is 1. The number of para-hydroxylation sites is 1. The molecule has 0 radical (unpaired) electrons. The third-order valence-electron chi connectivity index (χ3n) is 5.59. The lowest BCUT2D eigenvalue weighted by Gasteiger charge is -2.26. The number of hydrogen-bond donors (Lipinski definition) is 1. The van der Waals surface area contributed by atoms with E-state index in [9.17, 15) is 13.2 Å². The second-order valence-corrected chi connectivity index (χ2v) is 10.4. The monoisotopic (exact) mass is 520 g/mol. The molecule has 0 aromatic heterocycles. The lowest BCUT2D eigenvalue weighted by atomic mass is 10.0. The highest BCUT2D eigenvalue weighted by molar-refractivity contribution is 7.92. The third-order valence-corrected chi connectivity index (χ3v) is 7.60. The van der Waals surface area contributed by atoms with Crippen LogP contribution >= 0.6 is 11.6 Å². The zero-order valence-electron chi connectivity index (χ0n) is 19.8. The highest BCUT2D eigenvalue weighted by atomic mass is 35.5. The molecule has 8 heteroatoms. The Morgan fingerprint density at radius 2 is 1.58 bits per heavy atom. The molecule has 0 fully saturated rings. The molecule has 4 aromatic carbocycles. The lowest BCUT2D eigenvalue weighted by molar-refractivity contribution is -0.114. The Morgan fingerprint density at radius 3 is 2.28 bits per heavy atom. The van der Waals surface area contributed by atoms with Crippen LogP contribution in [0.1, 0.15) is 5.56 Å². The molecular formula is C28H25ClN2O4S. The van der Waals surface area contributed by atoms with Crippen molar-refractivity contribution in [3.8, 4) is 16.9 Å². The van der Waals surface area contributed by atoms with Gasteiger partial charge in [-0.1, -0.05) is 77.8 Å². The van der Waals surface area contributed by atoms with Crippen molar-refractivity contribution in [3.05, 3.63) is 108 Å². The maximum Gasteiger partial charge on any atom is 0.264 e. The molecule has 0 aliphatic heterocycles. The van der Waals surface area contributed by atoms with Crippen LogP contribution in [0.3, 0.4) is 0 Å². The lowest BCUT2D eigenvalue weighted by Crippen LogP contribution is -2.38. The summed E-state index contributed by atoms with van der Waals surface area (Å²) < 4.78 is 33.9. The number of rotatable bonds is 8. The molecule has 0 heterocycles. The van der Waals surface area contributed by atoms with Gasteiger partial charge in [0.25, 0.3) is 10.0 Å². The number of hydrogen-bond acceptors (Lipinski definition) is 4. The summed E-state index contributed by atoms with van der Waals surface area (Å²) in [6.07, 6.45) is 0. The Balaban J connectivity index is 1.72. The molecule has 0 spiro atoms. The first kappa shape index (κ1) is 25.3. The summed E-state index contributed by atoms with van der Waals surface area (Å²) in [6, 6.07) is 28.0. The van der Waals surface area contributed by atoms with Gasteiger partial charge >= 0.3 is 0 Å². The molecule has 0 unspecified atom stereocenters. The molecule has 0 aliphatic rings. The molecule has 0 saturated carbocycles. The molecule has 4 rings (SSSR count). The minimum absolute atomic E-state index is 0.0487. The van der Waals surface area contributed by atoms with E-state index in [1.807, 2.05) is 55.5 Å².